The Bertz CT molecular complexity index is 927. The van der Waals surface area contributed by atoms with Crippen LogP contribution in [-0.4, -0.2) is 73.4 Å². The summed E-state index contributed by atoms with van der Waals surface area (Å²) in [5, 5.41) is 13.0. The van der Waals surface area contributed by atoms with Gasteiger partial charge in [0.2, 0.25) is 0 Å². The molecule has 170 valence electrons. The number of hydrogen-bond acceptors (Lipinski definition) is 6. The Kier molecular flexibility index (Phi) is 6.27. The number of nitrogens with zero attached hydrogens (tertiary/aromatic N) is 3. The van der Waals surface area contributed by atoms with Gasteiger partial charge in [0, 0.05) is 70.2 Å². The lowest BCUT2D eigenvalue weighted by atomic mass is 9.87. The smallest absolute Gasteiger partial charge is 0.373 e. The molecule has 0 bridgehead atoms. The Morgan fingerprint density at radius 2 is 1.91 bits per heavy atom. The van der Waals surface area contributed by atoms with Crippen molar-refractivity contribution in [3.63, 3.8) is 0 Å². The Morgan fingerprint density at radius 3 is 2.66 bits per heavy atom. The van der Waals surface area contributed by atoms with Crippen LogP contribution in [0.25, 0.3) is 0 Å². The van der Waals surface area contributed by atoms with E-state index in [4.69, 9.17) is 4.74 Å². The summed E-state index contributed by atoms with van der Waals surface area (Å²) in [6, 6.07) is 19.0. The zero-order valence-electron chi connectivity index (χ0n) is 19.4. The Balaban J connectivity index is 1.31. The van der Waals surface area contributed by atoms with Crippen molar-refractivity contribution in [1.29, 1.82) is 0 Å². The number of piperazine rings is 1. The molecule has 0 aliphatic carbocycles. The van der Waals surface area contributed by atoms with E-state index in [2.05, 4.69) is 75.4 Å². The van der Waals surface area contributed by atoms with Gasteiger partial charge in [-0.1, -0.05) is 36.4 Å². The molecule has 7 heteroatoms. The lowest BCUT2D eigenvalue weighted by Crippen LogP contribution is -2.50. The number of fused-ring (bicyclic) bond motifs is 3. The highest BCUT2D eigenvalue weighted by molar-refractivity contribution is 6.45. The van der Waals surface area contributed by atoms with Crippen LogP contribution in [0.3, 0.4) is 0 Å². The van der Waals surface area contributed by atoms with Gasteiger partial charge in [-0.25, -0.2) is 0 Å². The van der Waals surface area contributed by atoms with Crippen LogP contribution in [-0.2, 0) is 17.8 Å². The topological polar surface area (TPSA) is 51.2 Å². The molecule has 0 unspecified atom stereocenters. The van der Waals surface area contributed by atoms with E-state index >= 15 is 0 Å². The fourth-order valence-electron chi connectivity index (χ4n) is 5.86. The first-order valence-corrected chi connectivity index (χ1v) is 11.9. The average molecular weight is 434 g/mol. The minimum atomic E-state index is -0.533. The number of hydrogen-bond donors (Lipinski definition) is 2. The molecule has 3 aliphatic rings. The van der Waals surface area contributed by atoms with Crippen LogP contribution in [0.15, 0.2) is 48.5 Å². The molecule has 0 saturated carbocycles. The molecule has 0 spiro atoms. The highest BCUT2D eigenvalue weighted by Gasteiger charge is 2.39. The largest absolute Gasteiger partial charge is 0.437 e. The molecule has 0 radical (unpaired) electrons. The van der Waals surface area contributed by atoms with Crippen LogP contribution in [0.2, 0.25) is 6.82 Å². The normalized spacial score (nSPS) is 28.1. The van der Waals surface area contributed by atoms with Crippen molar-refractivity contribution in [2.75, 3.05) is 38.2 Å². The van der Waals surface area contributed by atoms with Crippen LogP contribution >= 0.6 is 0 Å². The number of methoxy groups -OCH3 is 1. The van der Waals surface area contributed by atoms with Gasteiger partial charge in [-0.05, 0) is 42.6 Å². The molecule has 0 aromatic heterocycles. The van der Waals surface area contributed by atoms with Crippen molar-refractivity contribution >= 4 is 12.7 Å². The predicted octanol–water partition coefficient (Wildman–Crippen LogP) is 2.35. The molecule has 2 saturated heterocycles. The number of benzene rings is 2. The van der Waals surface area contributed by atoms with E-state index in [9.17, 15) is 5.02 Å². The van der Waals surface area contributed by atoms with Crippen molar-refractivity contribution in [1.82, 2.24) is 15.0 Å². The summed E-state index contributed by atoms with van der Waals surface area (Å²) in [5.74, 6) is 0. The molecule has 2 aromatic carbocycles. The first-order chi connectivity index (χ1) is 15.5. The molecule has 4 atom stereocenters. The molecule has 3 heterocycles. The molecular weight excluding hydrogens is 399 g/mol. The SMILES string of the molecule is CO[C@@H]1CN(c2ccc3c(c2)CN2[C@H](C)CN(Cc4ccccc4)C[C@H]32)C[C@H]1NB(C)O. The van der Waals surface area contributed by atoms with Gasteiger partial charge in [-0.3, -0.25) is 9.80 Å². The third-order valence-electron chi connectivity index (χ3n) is 7.40. The first kappa shape index (κ1) is 21.9. The minimum absolute atomic E-state index is 0.0794. The molecule has 32 heavy (non-hydrogen) atoms. The standard InChI is InChI=1S/C25H35BN4O2/c1-18-12-28(13-19-7-5-4-6-8-19)16-24-22-10-9-21(11-20(22)14-30(18)24)29-15-23(27-26(2)31)25(17-29)32-3/h4-11,18,23-25,27,31H,12-17H2,1-3H3/t18-,23-,24-,25-/m1/s1. The van der Waals surface area contributed by atoms with E-state index in [0.717, 1.165) is 39.3 Å². The molecule has 2 fully saturated rings. The number of rotatable bonds is 6. The van der Waals surface area contributed by atoms with Crippen LogP contribution in [0.5, 0.6) is 0 Å². The highest BCUT2D eigenvalue weighted by Crippen LogP contribution is 2.40. The van der Waals surface area contributed by atoms with Gasteiger partial charge in [0.25, 0.3) is 0 Å². The lowest BCUT2D eigenvalue weighted by molar-refractivity contribution is 0.0339. The Hall–Kier alpha value is -1.90. The average Bonchev–Trinajstić information content (AvgIpc) is 3.35. The summed E-state index contributed by atoms with van der Waals surface area (Å²) >= 11 is 0. The molecule has 3 aliphatic heterocycles. The zero-order chi connectivity index (χ0) is 22.2. The first-order valence-electron chi connectivity index (χ1n) is 11.9. The maximum absolute atomic E-state index is 9.77. The summed E-state index contributed by atoms with van der Waals surface area (Å²) < 4.78 is 5.69. The quantitative estimate of drug-likeness (QED) is 0.681. The van der Waals surface area contributed by atoms with E-state index in [1.807, 2.05) is 0 Å². The van der Waals surface area contributed by atoms with Crippen LogP contribution < -0.4 is 10.1 Å². The van der Waals surface area contributed by atoms with E-state index < -0.39 is 7.05 Å². The second-order valence-electron chi connectivity index (χ2n) is 9.73. The summed E-state index contributed by atoms with van der Waals surface area (Å²) in [5.41, 5.74) is 5.60. The van der Waals surface area contributed by atoms with Crippen molar-refractivity contribution in [2.45, 2.75) is 51.1 Å². The monoisotopic (exact) mass is 434 g/mol. The maximum Gasteiger partial charge on any atom is 0.373 e. The van der Waals surface area contributed by atoms with Gasteiger partial charge < -0.3 is 19.9 Å². The number of nitrogens with one attached hydrogen (secondary N) is 1. The van der Waals surface area contributed by atoms with E-state index in [1.165, 1.54) is 22.4 Å². The highest BCUT2D eigenvalue weighted by atomic mass is 16.5. The van der Waals surface area contributed by atoms with Crippen LogP contribution in [0, 0.1) is 0 Å². The second-order valence-corrected chi connectivity index (χ2v) is 9.73. The maximum atomic E-state index is 9.77. The van der Waals surface area contributed by atoms with E-state index in [-0.39, 0.29) is 12.1 Å². The van der Waals surface area contributed by atoms with Gasteiger partial charge in [-0.2, -0.15) is 0 Å². The van der Waals surface area contributed by atoms with Crippen molar-refractivity contribution in [3.05, 3.63) is 65.2 Å². The minimum Gasteiger partial charge on any atom is -0.437 e. The van der Waals surface area contributed by atoms with Gasteiger partial charge in [0.05, 0.1) is 6.10 Å². The lowest BCUT2D eigenvalue weighted by Gasteiger charge is -2.42. The number of anilines is 1. The van der Waals surface area contributed by atoms with Gasteiger partial charge in [-0.15, -0.1) is 0 Å². The fraction of sp³-hybridized carbons (Fsp3) is 0.520. The Morgan fingerprint density at radius 1 is 1.09 bits per heavy atom. The molecule has 2 N–H and O–H groups in total. The van der Waals surface area contributed by atoms with Gasteiger partial charge >= 0.3 is 7.05 Å². The van der Waals surface area contributed by atoms with E-state index in [0.29, 0.717) is 12.1 Å². The van der Waals surface area contributed by atoms with Crippen LogP contribution in [0.4, 0.5) is 5.69 Å². The molecular formula is C25H35BN4O2. The second kappa shape index (κ2) is 9.16. The molecule has 6 nitrogen and oxygen atoms in total. The van der Waals surface area contributed by atoms with E-state index in [1.54, 1.807) is 13.9 Å². The fourth-order valence-corrected chi connectivity index (χ4v) is 5.86. The molecule has 5 rings (SSSR count). The zero-order valence-corrected chi connectivity index (χ0v) is 19.4. The third kappa shape index (κ3) is 4.32. The molecule has 0 amide bonds. The Labute approximate surface area is 192 Å². The predicted molar refractivity (Wildman–Crippen MR) is 130 cm³/mol. The number of ether oxygens (including phenoxy) is 1. The van der Waals surface area contributed by atoms with Crippen molar-refractivity contribution in [2.24, 2.45) is 0 Å². The van der Waals surface area contributed by atoms with Gasteiger partial charge in [0.1, 0.15) is 0 Å². The summed E-state index contributed by atoms with van der Waals surface area (Å²) in [6.07, 6.45) is 0.0794. The molecule has 2 aromatic rings. The van der Waals surface area contributed by atoms with Crippen molar-refractivity contribution < 1.29 is 9.76 Å². The van der Waals surface area contributed by atoms with Gasteiger partial charge in [0.15, 0.2) is 0 Å². The summed E-state index contributed by atoms with van der Waals surface area (Å²) in [6.45, 7) is 10.1. The summed E-state index contributed by atoms with van der Waals surface area (Å²) in [7, 11) is 1.22. The van der Waals surface area contributed by atoms with Crippen molar-refractivity contribution in [3.8, 4) is 0 Å². The third-order valence-corrected chi connectivity index (χ3v) is 7.40. The van der Waals surface area contributed by atoms with Crippen LogP contribution in [0.1, 0.15) is 29.7 Å². The summed E-state index contributed by atoms with van der Waals surface area (Å²) in [4.78, 5) is 7.67.